The van der Waals surface area contributed by atoms with Gasteiger partial charge in [0.2, 0.25) is 0 Å². The summed E-state index contributed by atoms with van der Waals surface area (Å²) in [7, 11) is -2.35. The number of aliphatic hydroxyl groups is 1. The molecule has 1 aliphatic rings. The fourth-order valence-corrected chi connectivity index (χ4v) is 5.37. The second-order valence-electron chi connectivity index (χ2n) is 5.48. The summed E-state index contributed by atoms with van der Waals surface area (Å²) in [6.07, 6.45) is 1.68. The molecule has 0 saturated carbocycles. The number of hydrogen-bond acceptors (Lipinski definition) is 5. The predicted molar refractivity (Wildman–Crippen MR) is 94.1 cm³/mol. The van der Waals surface area contributed by atoms with Crippen LogP contribution in [-0.2, 0) is 16.4 Å². The number of benzene rings is 1. The zero-order chi connectivity index (χ0) is 16.8. The SMILES string of the molecule is CCCc1nc2c(s1)C(O)=C(c1ccccc1C)S(=O)(=O)N2C. The molecule has 0 aliphatic carbocycles. The van der Waals surface area contributed by atoms with Crippen LogP contribution in [0.15, 0.2) is 24.3 Å². The summed E-state index contributed by atoms with van der Waals surface area (Å²) in [5.74, 6) is 0.112. The number of fused-ring (bicyclic) bond motifs is 1. The third kappa shape index (κ3) is 2.44. The predicted octanol–water partition coefficient (Wildman–Crippen LogP) is 3.57. The summed E-state index contributed by atoms with van der Waals surface area (Å²) in [6.45, 7) is 3.87. The van der Waals surface area contributed by atoms with E-state index in [4.69, 9.17) is 0 Å². The van der Waals surface area contributed by atoms with E-state index < -0.39 is 10.0 Å². The molecular weight excluding hydrogens is 332 g/mol. The van der Waals surface area contributed by atoms with Gasteiger partial charge in [0.05, 0.1) is 5.01 Å². The summed E-state index contributed by atoms with van der Waals surface area (Å²) in [5.41, 5.74) is 1.32. The first kappa shape index (κ1) is 16.0. The Balaban J connectivity index is 2.30. The number of aryl methyl sites for hydroxylation is 2. The highest BCUT2D eigenvalue weighted by molar-refractivity contribution is 8.02. The molecule has 2 aromatic rings. The van der Waals surface area contributed by atoms with Gasteiger partial charge < -0.3 is 5.11 Å². The number of aromatic nitrogens is 1. The number of rotatable bonds is 3. The van der Waals surface area contributed by atoms with Crippen LogP contribution in [0, 0.1) is 6.92 Å². The first-order chi connectivity index (χ1) is 10.9. The maximum atomic E-state index is 12.9. The molecule has 122 valence electrons. The van der Waals surface area contributed by atoms with Crippen molar-refractivity contribution in [2.75, 3.05) is 11.4 Å². The number of anilines is 1. The molecule has 1 aromatic heterocycles. The van der Waals surface area contributed by atoms with Crippen molar-refractivity contribution in [1.29, 1.82) is 0 Å². The number of thiazole rings is 1. The Morgan fingerprint density at radius 2 is 2.00 bits per heavy atom. The maximum absolute atomic E-state index is 12.9. The van der Waals surface area contributed by atoms with Crippen LogP contribution in [0.5, 0.6) is 0 Å². The van der Waals surface area contributed by atoms with E-state index in [9.17, 15) is 13.5 Å². The average Bonchev–Trinajstić information content (AvgIpc) is 2.92. The molecule has 0 radical (unpaired) electrons. The topological polar surface area (TPSA) is 70.5 Å². The normalized spacial score (nSPS) is 16.6. The van der Waals surface area contributed by atoms with Crippen molar-refractivity contribution in [2.45, 2.75) is 26.7 Å². The summed E-state index contributed by atoms with van der Waals surface area (Å²) >= 11 is 1.35. The average molecular weight is 350 g/mol. The molecule has 0 atom stereocenters. The highest BCUT2D eigenvalue weighted by atomic mass is 32.2. The Hall–Kier alpha value is -1.86. The lowest BCUT2D eigenvalue weighted by Gasteiger charge is -2.26. The summed E-state index contributed by atoms with van der Waals surface area (Å²) < 4.78 is 26.9. The molecule has 0 unspecified atom stereocenters. The maximum Gasteiger partial charge on any atom is 0.269 e. The summed E-state index contributed by atoms with van der Waals surface area (Å²) in [4.78, 5) is 4.86. The van der Waals surface area contributed by atoms with Crippen molar-refractivity contribution in [3.05, 3.63) is 45.3 Å². The number of sulfonamides is 1. The van der Waals surface area contributed by atoms with Gasteiger partial charge in [-0.05, 0) is 25.3 Å². The van der Waals surface area contributed by atoms with E-state index in [0.717, 1.165) is 23.4 Å². The number of aliphatic hydroxyl groups excluding tert-OH is 1. The molecule has 0 saturated heterocycles. The number of hydrogen-bond donors (Lipinski definition) is 1. The fourth-order valence-electron chi connectivity index (χ4n) is 2.61. The van der Waals surface area contributed by atoms with E-state index in [1.54, 1.807) is 12.1 Å². The molecule has 3 rings (SSSR count). The smallest absolute Gasteiger partial charge is 0.269 e. The molecule has 5 nitrogen and oxygen atoms in total. The molecular formula is C16H18N2O3S2. The largest absolute Gasteiger partial charge is 0.505 e. The van der Waals surface area contributed by atoms with Crippen molar-refractivity contribution in [3.63, 3.8) is 0 Å². The van der Waals surface area contributed by atoms with Gasteiger partial charge in [0, 0.05) is 12.6 Å². The van der Waals surface area contributed by atoms with E-state index >= 15 is 0 Å². The highest BCUT2D eigenvalue weighted by Gasteiger charge is 2.39. The van der Waals surface area contributed by atoms with Crippen LogP contribution in [0.25, 0.3) is 10.7 Å². The Kier molecular flexibility index (Phi) is 3.93. The van der Waals surface area contributed by atoms with Crippen molar-refractivity contribution in [3.8, 4) is 0 Å². The minimum absolute atomic E-state index is 0.0442. The van der Waals surface area contributed by atoms with Crippen molar-refractivity contribution in [2.24, 2.45) is 0 Å². The first-order valence-corrected chi connectivity index (χ1v) is 9.61. The van der Waals surface area contributed by atoms with E-state index in [2.05, 4.69) is 4.98 Å². The van der Waals surface area contributed by atoms with Crippen LogP contribution in [-0.4, -0.2) is 25.6 Å². The van der Waals surface area contributed by atoms with Gasteiger partial charge in [-0.2, -0.15) is 0 Å². The lowest BCUT2D eigenvalue weighted by molar-refractivity contribution is 0.515. The summed E-state index contributed by atoms with van der Waals surface area (Å²) in [6, 6.07) is 7.15. The Bertz CT molecular complexity index is 898. The standard InChI is InChI=1S/C16H18N2O3S2/c1-4-7-12-17-16-14(22-12)13(19)15(23(20,21)18(16)3)11-9-6-5-8-10(11)2/h5-6,8-9,19H,4,7H2,1-3H3. The van der Waals surface area contributed by atoms with Gasteiger partial charge in [-0.3, -0.25) is 4.31 Å². The molecule has 0 spiro atoms. The van der Waals surface area contributed by atoms with E-state index in [1.165, 1.54) is 22.7 Å². The second kappa shape index (κ2) is 5.65. The molecule has 7 heteroatoms. The molecule has 0 bridgehead atoms. The van der Waals surface area contributed by atoms with Crippen LogP contribution in [0.1, 0.15) is 34.4 Å². The zero-order valence-electron chi connectivity index (χ0n) is 13.2. The Labute approximate surface area is 140 Å². The van der Waals surface area contributed by atoms with Gasteiger partial charge in [-0.15, -0.1) is 11.3 Å². The van der Waals surface area contributed by atoms with Gasteiger partial charge >= 0.3 is 0 Å². The third-order valence-corrected chi connectivity index (χ3v) is 6.79. The molecule has 1 aliphatic heterocycles. The molecule has 1 aromatic carbocycles. The molecule has 0 fully saturated rings. The lowest BCUT2D eigenvalue weighted by atomic mass is 10.1. The molecule has 1 N–H and O–H groups in total. The third-order valence-electron chi connectivity index (χ3n) is 3.85. The van der Waals surface area contributed by atoms with Gasteiger partial charge in [-0.1, -0.05) is 31.2 Å². The molecule has 23 heavy (non-hydrogen) atoms. The van der Waals surface area contributed by atoms with Crippen LogP contribution in [0.2, 0.25) is 0 Å². The first-order valence-electron chi connectivity index (χ1n) is 7.36. The van der Waals surface area contributed by atoms with Gasteiger partial charge in [0.25, 0.3) is 10.0 Å². The molecule has 0 amide bonds. The zero-order valence-corrected chi connectivity index (χ0v) is 14.8. The Morgan fingerprint density at radius 1 is 1.30 bits per heavy atom. The quantitative estimate of drug-likeness (QED) is 0.919. The van der Waals surface area contributed by atoms with E-state index in [-0.39, 0.29) is 10.7 Å². The highest BCUT2D eigenvalue weighted by Crippen LogP contribution is 2.44. The van der Waals surface area contributed by atoms with Gasteiger partial charge in [0.15, 0.2) is 11.6 Å². The fraction of sp³-hybridized carbons (Fsp3) is 0.312. The van der Waals surface area contributed by atoms with Crippen LogP contribution in [0.3, 0.4) is 0 Å². The van der Waals surface area contributed by atoms with Crippen LogP contribution >= 0.6 is 11.3 Å². The van der Waals surface area contributed by atoms with Crippen molar-refractivity contribution < 1.29 is 13.5 Å². The molecule has 2 heterocycles. The second-order valence-corrected chi connectivity index (χ2v) is 8.47. The summed E-state index contributed by atoms with van der Waals surface area (Å²) in [5, 5.41) is 11.5. The lowest BCUT2D eigenvalue weighted by Crippen LogP contribution is -2.31. The number of nitrogens with zero attached hydrogens (tertiary/aromatic N) is 2. The minimum atomic E-state index is -3.83. The monoisotopic (exact) mass is 350 g/mol. The van der Waals surface area contributed by atoms with Gasteiger partial charge in [-0.25, -0.2) is 13.4 Å². The Morgan fingerprint density at radius 3 is 2.65 bits per heavy atom. The van der Waals surface area contributed by atoms with E-state index in [1.807, 2.05) is 26.0 Å². The van der Waals surface area contributed by atoms with Crippen LogP contribution in [0.4, 0.5) is 5.82 Å². The van der Waals surface area contributed by atoms with Crippen molar-refractivity contribution in [1.82, 2.24) is 4.98 Å². The van der Waals surface area contributed by atoms with Crippen LogP contribution < -0.4 is 4.31 Å². The van der Waals surface area contributed by atoms with Crippen molar-refractivity contribution >= 4 is 37.8 Å². The van der Waals surface area contributed by atoms with E-state index in [0.29, 0.717) is 16.3 Å². The van der Waals surface area contributed by atoms with Gasteiger partial charge in [0.1, 0.15) is 9.78 Å². The minimum Gasteiger partial charge on any atom is -0.505 e.